The molecular weight excluding hydrogens is 292 g/mol. The van der Waals surface area contributed by atoms with E-state index in [4.69, 9.17) is 4.42 Å². The summed E-state index contributed by atoms with van der Waals surface area (Å²) >= 11 is 0. The van der Waals surface area contributed by atoms with E-state index in [0.717, 1.165) is 11.1 Å². The first-order valence-corrected chi connectivity index (χ1v) is 7.54. The fourth-order valence-corrected chi connectivity index (χ4v) is 2.61. The molecule has 0 atom stereocenters. The molecule has 0 radical (unpaired) electrons. The molecule has 0 aliphatic rings. The van der Waals surface area contributed by atoms with Crippen LogP contribution in [0.1, 0.15) is 28.6 Å². The number of benzene rings is 1. The van der Waals surface area contributed by atoms with E-state index < -0.39 is 5.91 Å². The molecule has 0 spiro atoms. The van der Waals surface area contributed by atoms with Gasteiger partial charge in [-0.05, 0) is 38.1 Å². The van der Waals surface area contributed by atoms with E-state index in [1.165, 1.54) is 0 Å². The second-order valence-electron chi connectivity index (χ2n) is 5.44. The lowest BCUT2D eigenvalue weighted by atomic mass is 10.1. The number of pyridine rings is 1. The summed E-state index contributed by atoms with van der Waals surface area (Å²) in [5.74, 6) is 0.253. The van der Waals surface area contributed by atoms with Crippen LogP contribution in [0.15, 0.2) is 52.0 Å². The van der Waals surface area contributed by atoms with Gasteiger partial charge in [-0.15, -0.1) is 0 Å². The largest absolute Gasteiger partial charge is 0.467 e. The zero-order valence-corrected chi connectivity index (χ0v) is 13.1. The molecule has 118 valence electrons. The van der Waals surface area contributed by atoms with Gasteiger partial charge in [-0.3, -0.25) is 9.59 Å². The molecule has 3 aromatic rings. The molecular formula is C18H18N2O3. The van der Waals surface area contributed by atoms with Crippen molar-refractivity contribution in [1.29, 1.82) is 0 Å². The van der Waals surface area contributed by atoms with Gasteiger partial charge in [-0.2, -0.15) is 0 Å². The van der Waals surface area contributed by atoms with Crippen molar-refractivity contribution >= 4 is 16.8 Å². The van der Waals surface area contributed by atoms with Gasteiger partial charge in [0.2, 0.25) is 5.43 Å². The molecule has 5 heteroatoms. The zero-order valence-electron chi connectivity index (χ0n) is 13.1. The van der Waals surface area contributed by atoms with Crippen molar-refractivity contribution in [2.24, 2.45) is 0 Å². The van der Waals surface area contributed by atoms with E-state index in [1.54, 1.807) is 24.6 Å². The topological polar surface area (TPSA) is 64.2 Å². The predicted octanol–water partition coefficient (Wildman–Crippen LogP) is 2.85. The highest BCUT2D eigenvalue weighted by molar-refractivity contribution is 5.97. The molecule has 1 aromatic carbocycles. The molecule has 0 saturated carbocycles. The quantitative estimate of drug-likeness (QED) is 0.806. The summed E-state index contributed by atoms with van der Waals surface area (Å²) in [6.07, 6.45) is 3.17. The van der Waals surface area contributed by atoms with E-state index in [9.17, 15) is 9.59 Å². The van der Waals surface area contributed by atoms with Crippen LogP contribution in [-0.4, -0.2) is 10.5 Å². The minimum absolute atomic E-state index is 0.150. The Morgan fingerprint density at radius 2 is 2.13 bits per heavy atom. The van der Waals surface area contributed by atoms with Crippen molar-refractivity contribution in [3.05, 3.63) is 69.9 Å². The average molecular weight is 310 g/mol. The second-order valence-corrected chi connectivity index (χ2v) is 5.44. The van der Waals surface area contributed by atoms with Crippen molar-refractivity contribution in [3.63, 3.8) is 0 Å². The van der Waals surface area contributed by atoms with E-state index in [2.05, 4.69) is 5.32 Å². The number of furan rings is 1. The van der Waals surface area contributed by atoms with Crippen molar-refractivity contribution in [1.82, 2.24) is 9.88 Å². The van der Waals surface area contributed by atoms with Gasteiger partial charge >= 0.3 is 0 Å². The third-order valence-electron chi connectivity index (χ3n) is 3.82. The Bertz CT molecular complexity index is 908. The molecule has 0 aliphatic carbocycles. The number of nitrogens with one attached hydrogen (secondary N) is 1. The van der Waals surface area contributed by atoms with Gasteiger partial charge in [0.05, 0.1) is 18.3 Å². The Hall–Kier alpha value is -2.82. The summed E-state index contributed by atoms with van der Waals surface area (Å²) in [4.78, 5) is 25.0. The van der Waals surface area contributed by atoms with Crippen molar-refractivity contribution < 1.29 is 9.21 Å². The molecule has 1 amide bonds. The lowest BCUT2D eigenvalue weighted by molar-refractivity contribution is 0.0946. The first-order valence-electron chi connectivity index (χ1n) is 7.54. The predicted molar refractivity (Wildman–Crippen MR) is 88.5 cm³/mol. The maximum absolute atomic E-state index is 12.7. The summed E-state index contributed by atoms with van der Waals surface area (Å²) in [7, 11) is 0. The standard InChI is InChI=1S/C18H18N2O3/c1-3-20-11-15(18(22)19-10-13-5-4-8-23-13)17(21)14-9-12(2)6-7-16(14)20/h4-9,11H,3,10H2,1-2H3,(H,19,22). The lowest BCUT2D eigenvalue weighted by Gasteiger charge is -2.12. The molecule has 0 bridgehead atoms. The number of carbonyl (C=O) groups is 1. The molecule has 1 N–H and O–H groups in total. The molecule has 0 saturated heterocycles. The SMILES string of the molecule is CCn1cc(C(=O)NCc2ccco2)c(=O)c2cc(C)ccc21. The summed E-state index contributed by atoms with van der Waals surface area (Å²) in [5, 5.41) is 3.29. The van der Waals surface area contributed by atoms with Crippen LogP contribution in [0.5, 0.6) is 0 Å². The molecule has 2 heterocycles. The van der Waals surface area contributed by atoms with Gasteiger partial charge < -0.3 is 14.3 Å². The Morgan fingerprint density at radius 1 is 1.30 bits per heavy atom. The zero-order chi connectivity index (χ0) is 16.4. The summed E-state index contributed by atoms with van der Waals surface area (Å²) in [6, 6.07) is 9.23. The number of aromatic nitrogens is 1. The van der Waals surface area contributed by atoms with E-state index in [-0.39, 0.29) is 17.5 Å². The van der Waals surface area contributed by atoms with Crippen LogP contribution < -0.4 is 10.7 Å². The molecule has 5 nitrogen and oxygen atoms in total. The fraction of sp³-hybridized carbons (Fsp3) is 0.222. The molecule has 3 rings (SSSR count). The van der Waals surface area contributed by atoms with Crippen LogP contribution in [0.3, 0.4) is 0 Å². The molecule has 0 fully saturated rings. The summed E-state index contributed by atoms with van der Waals surface area (Å²) < 4.78 is 7.10. The lowest BCUT2D eigenvalue weighted by Crippen LogP contribution is -2.29. The number of carbonyl (C=O) groups excluding carboxylic acids is 1. The third-order valence-corrected chi connectivity index (χ3v) is 3.82. The highest BCUT2D eigenvalue weighted by Crippen LogP contribution is 2.14. The molecule has 0 aliphatic heterocycles. The first-order chi connectivity index (χ1) is 11.1. The van der Waals surface area contributed by atoms with Gasteiger partial charge in [-0.25, -0.2) is 0 Å². The number of hydrogen-bond acceptors (Lipinski definition) is 3. The number of rotatable bonds is 4. The number of amides is 1. The van der Waals surface area contributed by atoms with Crippen LogP contribution >= 0.6 is 0 Å². The van der Waals surface area contributed by atoms with E-state index in [0.29, 0.717) is 17.7 Å². The maximum Gasteiger partial charge on any atom is 0.257 e. The maximum atomic E-state index is 12.7. The van der Waals surface area contributed by atoms with Crippen LogP contribution in [0, 0.1) is 6.92 Å². The molecule has 2 aromatic heterocycles. The van der Waals surface area contributed by atoms with Crippen LogP contribution in [0.25, 0.3) is 10.9 Å². The Kier molecular flexibility index (Phi) is 4.02. The minimum atomic E-state index is -0.392. The Balaban J connectivity index is 2.01. The highest BCUT2D eigenvalue weighted by Gasteiger charge is 2.15. The summed E-state index contributed by atoms with van der Waals surface area (Å²) in [5.41, 5.74) is 1.73. The Labute approximate surface area is 133 Å². The third kappa shape index (κ3) is 2.90. The van der Waals surface area contributed by atoms with Gasteiger partial charge in [0.25, 0.3) is 5.91 Å². The minimum Gasteiger partial charge on any atom is -0.467 e. The average Bonchev–Trinajstić information content (AvgIpc) is 3.07. The van der Waals surface area contributed by atoms with E-state index in [1.807, 2.05) is 36.6 Å². The van der Waals surface area contributed by atoms with Gasteiger partial charge in [0.1, 0.15) is 11.3 Å². The van der Waals surface area contributed by atoms with Crippen LogP contribution in [0.2, 0.25) is 0 Å². The van der Waals surface area contributed by atoms with Gasteiger partial charge in [0.15, 0.2) is 0 Å². The van der Waals surface area contributed by atoms with Crippen molar-refractivity contribution in [3.8, 4) is 0 Å². The van der Waals surface area contributed by atoms with Gasteiger partial charge in [0, 0.05) is 18.1 Å². The van der Waals surface area contributed by atoms with Crippen LogP contribution in [-0.2, 0) is 13.1 Å². The number of nitrogens with zero attached hydrogens (tertiary/aromatic N) is 1. The van der Waals surface area contributed by atoms with Gasteiger partial charge in [-0.1, -0.05) is 11.6 Å². The summed E-state index contributed by atoms with van der Waals surface area (Å²) in [6.45, 7) is 4.84. The second kappa shape index (κ2) is 6.12. The normalized spacial score (nSPS) is 10.9. The number of hydrogen-bond donors (Lipinski definition) is 1. The smallest absolute Gasteiger partial charge is 0.257 e. The van der Waals surface area contributed by atoms with Crippen molar-refractivity contribution in [2.75, 3.05) is 0 Å². The highest BCUT2D eigenvalue weighted by atomic mass is 16.3. The Morgan fingerprint density at radius 3 is 2.83 bits per heavy atom. The fourth-order valence-electron chi connectivity index (χ4n) is 2.61. The van der Waals surface area contributed by atoms with Crippen LogP contribution in [0.4, 0.5) is 0 Å². The number of aryl methyl sites for hydroxylation is 2. The molecule has 23 heavy (non-hydrogen) atoms. The first kappa shape index (κ1) is 15.1. The monoisotopic (exact) mass is 310 g/mol. The molecule has 0 unspecified atom stereocenters. The van der Waals surface area contributed by atoms with E-state index >= 15 is 0 Å². The van der Waals surface area contributed by atoms with Crippen molar-refractivity contribution in [2.45, 2.75) is 26.9 Å². The number of fused-ring (bicyclic) bond motifs is 1.